The van der Waals surface area contributed by atoms with Crippen molar-refractivity contribution in [3.05, 3.63) is 28.8 Å². The lowest BCUT2D eigenvalue weighted by Gasteiger charge is -2.24. The monoisotopic (exact) mass is 259 g/mol. The Morgan fingerprint density at radius 2 is 1.75 bits per heavy atom. The molecule has 0 aliphatic heterocycles. The highest BCUT2D eigenvalue weighted by atomic mass is 35.5. The molecule has 0 spiro atoms. The summed E-state index contributed by atoms with van der Waals surface area (Å²) < 4.78 is 0. The van der Waals surface area contributed by atoms with Crippen molar-refractivity contribution in [3.63, 3.8) is 0 Å². The highest BCUT2D eigenvalue weighted by Gasteiger charge is 2.07. The van der Waals surface area contributed by atoms with E-state index in [0.29, 0.717) is 5.88 Å². The largest absolute Gasteiger partial charge is 0.372 e. The molecule has 0 amide bonds. The van der Waals surface area contributed by atoms with Gasteiger partial charge in [0.05, 0.1) is 0 Å². The zero-order valence-electron chi connectivity index (χ0n) is 9.97. The van der Waals surface area contributed by atoms with Crippen LogP contribution in [0.15, 0.2) is 18.2 Å². The summed E-state index contributed by atoms with van der Waals surface area (Å²) in [4.78, 5) is 2.36. The first-order valence-corrected chi connectivity index (χ1v) is 6.73. The summed E-state index contributed by atoms with van der Waals surface area (Å²) in [6.45, 7) is 6.53. The third-order valence-electron chi connectivity index (χ3n) is 2.53. The number of rotatable bonds is 6. The van der Waals surface area contributed by atoms with Gasteiger partial charge in [0.15, 0.2) is 0 Å². The topological polar surface area (TPSA) is 3.24 Å². The van der Waals surface area contributed by atoms with E-state index in [-0.39, 0.29) is 0 Å². The minimum atomic E-state index is 0.473. The van der Waals surface area contributed by atoms with Gasteiger partial charge in [-0.25, -0.2) is 0 Å². The number of alkyl halides is 1. The maximum absolute atomic E-state index is 6.16. The molecule has 0 N–H and O–H groups in total. The van der Waals surface area contributed by atoms with Gasteiger partial charge in [0.2, 0.25) is 0 Å². The van der Waals surface area contributed by atoms with E-state index in [4.69, 9.17) is 23.2 Å². The first-order chi connectivity index (χ1) is 7.72. The average molecular weight is 260 g/mol. The van der Waals surface area contributed by atoms with Crippen LogP contribution in [0.25, 0.3) is 0 Å². The lowest BCUT2D eigenvalue weighted by atomic mass is 10.2. The van der Waals surface area contributed by atoms with Crippen LogP contribution in [0.2, 0.25) is 5.02 Å². The van der Waals surface area contributed by atoms with Gasteiger partial charge in [-0.05, 0) is 30.5 Å². The molecular weight excluding hydrogens is 241 g/mol. The van der Waals surface area contributed by atoms with E-state index in [1.165, 1.54) is 5.69 Å². The first-order valence-electron chi connectivity index (χ1n) is 5.82. The van der Waals surface area contributed by atoms with Crippen molar-refractivity contribution in [1.82, 2.24) is 0 Å². The van der Waals surface area contributed by atoms with Gasteiger partial charge in [0, 0.05) is 29.7 Å². The first kappa shape index (κ1) is 13.7. The van der Waals surface area contributed by atoms with Gasteiger partial charge in [-0.2, -0.15) is 0 Å². The Morgan fingerprint density at radius 1 is 1.12 bits per heavy atom. The fourth-order valence-corrected chi connectivity index (χ4v) is 2.29. The van der Waals surface area contributed by atoms with E-state index < -0.39 is 0 Å². The summed E-state index contributed by atoms with van der Waals surface area (Å²) in [6, 6.07) is 6.14. The zero-order chi connectivity index (χ0) is 12.0. The molecule has 0 atom stereocenters. The van der Waals surface area contributed by atoms with Crippen LogP contribution in [-0.4, -0.2) is 13.1 Å². The molecule has 1 aromatic carbocycles. The van der Waals surface area contributed by atoms with Crippen molar-refractivity contribution in [3.8, 4) is 0 Å². The number of hydrogen-bond acceptors (Lipinski definition) is 1. The maximum Gasteiger partial charge on any atom is 0.0488 e. The average Bonchev–Trinajstić information content (AvgIpc) is 2.28. The summed E-state index contributed by atoms with van der Waals surface area (Å²) in [5.74, 6) is 0.473. The minimum absolute atomic E-state index is 0.473. The molecule has 0 radical (unpaired) electrons. The summed E-state index contributed by atoms with van der Waals surface area (Å²) in [6.07, 6.45) is 2.30. The quantitative estimate of drug-likeness (QED) is 0.670. The predicted molar refractivity (Wildman–Crippen MR) is 73.8 cm³/mol. The van der Waals surface area contributed by atoms with Crippen molar-refractivity contribution < 1.29 is 0 Å². The second-order valence-electron chi connectivity index (χ2n) is 3.90. The summed E-state index contributed by atoms with van der Waals surface area (Å²) in [5, 5.41) is 0.768. The Balaban J connectivity index is 2.87. The highest BCUT2D eigenvalue weighted by molar-refractivity contribution is 6.32. The lowest BCUT2D eigenvalue weighted by Crippen LogP contribution is -2.24. The molecular formula is C13H19Cl2N. The maximum atomic E-state index is 6.16. The molecule has 0 saturated heterocycles. The van der Waals surface area contributed by atoms with E-state index in [1.54, 1.807) is 0 Å². The van der Waals surface area contributed by atoms with E-state index in [0.717, 1.165) is 36.5 Å². The van der Waals surface area contributed by atoms with E-state index >= 15 is 0 Å². The number of anilines is 1. The Morgan fingerprint density at radius 3 is 2.19 bits per heavy atom. The molecule has 0 unspecified atom stereocenters. The second-order valence-corrected chi connectivity index (χ2v) is 4.57. The smallest absolute Gasteiger partial charge is 0.0488 e. The number of nitrogens with zero attached hydrogens (tertiary/aromatic N) is 1. The molecule has 0 bridgehead atoms. The fraction of sp³-hybridized carbons (Fsp3) is 0.538. The standard InChI is InChI=1S/C13H19Cl2N/c1-3-7-16(8-4-2)12-6-5-11(10-14)13(15)9-12/h5-6,9H,3-4,7-8,10H2,1-2H3. The van der Waals surface area contributed by atoms with Crippen molar-refractivity contribution >= 4 is 28.9 Å². The van der Waals surface area contributed by atoms with Gasteiger partial charge in [-0.3, -0.25) is 0 Å². The third kappa shape index (κ3) is 3.57. The predicted octanol–water partition coefficient (Wildman–Crippen LogP) is 4.71. The molecule has 3 heteroatoms. The van der Waals surface area contributed by atoms with Crippen LogP contribution in [0.3, 0.4) is 0 Å². The van der Waals surface area contributed by atoms with Crippen LogP contribution >= 0.6 is 23.2 Å². The van der Waals surface area contributed by atoms with Crippen LogP contribution in [-0.2, 0) is 5.88 Å². The van der Waals surface area contributed by atoms with E-state index in [9.17, 15) is 0 Å². The fourth-order valence-electron chi connectivity index (χ4n) is 1.75. The van der Waals surface area contributed by atoms with Crippen molar-refractivity contribution in [2.75, 3.05) is 18.0 Å². The van der Waals surface area contributed by atoms with Gasteiger partial charge >= 0.3 is 0 Å². The van der Waals surface area contributed by atoms with Crippen molar-refractivity contribution in [2.24, 2.45) is 0 Å². The van der Waals surface area contributed by atoms with Crippen LogP contribution in [0, 0.1) is 0 Å². The third-order valence-corrected chi connectivity index (χ3v) is 3.17. The molecule has 0 fully saturated rings. The molecule has 1 aromatic rings. The minimum Gasteiger partial charge on any atom is -0.372 e. The Kier molecular flexibility index (Phi) is 6.00. The number of benzene rings is 1. The second kappa shape index (κ2) is 7.03. The molecule has 90 valence electrons. The van der Waals surface area contributed by atoms with Crippen molar-refractivity contribution in [2.45, 2.75) is 32.6 Å². The normalized spacial score (nSPS) is 10.5. The van der Waals surface area contributed by atoms with Crippen LogP contribution < -0.4 is 4.90 Å². The molecule has 0 saturated carbocycles. The van der Waals surface area contributed by atoms with Gasteiger partial charge < -0.3 is 4.90 Å². The Labute approximate surface area is 108 Å². The highest BCUT2D eigenvalue weighted by Crippen LogP contribution is 2.25. The van der Waals surface area contributed by atoms with Gasteiger partial charge in [-0.1, -0.05) is 31.5 Å². The molecule has 16 heavy (non-hydrogen) atoms. The number of halogens is 2. The van der Waals surface area contributed by atoms with E-state index in [2.05, 4.69) is 24.8 Å². The van der Waals surface area contributed by atoms with Crippen LogP contribution in [0.5, 0.6) is 0 Å². The molecule has 0 heterocycles. The Hall–Kier alpha value is -0.400. The summed E-state index contributed by atoms with van der Waals surface area (Å²) in [5.41, 5.74) is 2.20. The summed E-state index contributed by atoms with van der Waals surface area (Å²) >= 11 is 12.0. The molecule has 1 rings (SSSR count). The molecule has 0 aliphatic carbocycles. The lowest BCUT2D eigenvalue weighted by molar-refractivity contribution is 0.745. The van der Waals surface area contributed by atoms with E-state index in [1.807, 2.05) is 12.1 Å². The molecule has 0 aliphatic rings. The summed E-state index contributed by atoms with van der Waals surface area (Å²) in [7, 11) is 0. The van der Waals surface area contributed by atoms with Gasteiger partial charge in [-0.15, -0.1) is 11.6 Å². The SMILES string of the molecule is CCCN(CCC)c1ccc(CCl)c(Cl)c1. The zero-order valence-corrected chi connectivity index (χ0v) is 11.5. The van der Waals surface area contributed by atoms with Crippen LogP contribution in [0.4, 0.5) is 5.69 Å². The molecule has 1 nitrogen and oxygen atoms in total. The number of hydrogen-bond donors (Lipinski definition) is 0. The van der Waals surface area contributed by atoms with Crippen LogP contribution in [0.1, 0.15) is 32.3 Å². The van der Waals surface area contributed by atoms with Gasteiger partial charge in [0.25, 0.3) is 0 Å². The van der Waals surface area contributed by atoms with Crippen molar-refractivity contribution in [1.29, 1.82) is 0 Å². The van der Waals surface area contributed by atoms with Gasteiger partial charge in [0.1, 0.15) is 0 Å². The molecule has 0 aromatic heterocycles. The Bertz CT molecular complexity index is 320.